The zero-order valence-electron chi connectivity index (χ0n) is 23.2. The fourth-order valence-corrected chi connectivity index (χ4v) is 4.87. The molecule has 0 radical (unpaired) electrons. The molecule has 2 fully saturated rings. The van der Waals surface area contributed by atoms with Gasteiger partial charge in [0.05, 0.1) is 19.8 Å². The van der Waals surface area contributed by atoms with E-state index in [9.17, 15) is 9.59 Å². The van der Waals surface area contributed by atoms with E-state index in [0.29, 0.717) is 56.7 Å². The third kappa shape index (κ3) is 7.20. The van der Waals surface area contributed by atoms with Gasteiger partial charge in [-0.2, -0.15) is 4.98 Å². The molecule has 5 rings (SSSR count). The highest BCUT2D eigenvalue weighted by atomic mass is 16.5. The van der Waals surface area contributed by atoms with Crippen molar-refractivity contribution in [3.05, 3.63) is 59.8 Å². The van der Waals surface area contributed by atoms with Gasteiger partial charge in [0, 0.05) is 49.2 Å². The Labute approximate surface area is 239 Å². The van der Waals surface area contributed by atoms with Crippen LogP contribution in [0.15, 0.2) is 48.5 Å². The van der Waals surface area contributed by atoms with Crippen LogP contribution in [-0.4, -0.2) is 83.9 Å². The van der Waals surface area contributed by atoms with Crippen LogP contribution >= 0.6 is 0 Å². The second-order valence-corrected chi connectivity index (χ2v) is 10.1. The van der Waals surface area contributed by atoms with Crippen molar-refractivity contribution in [1.29, 1.82) is 0 Å². The van der Waals surface area contributed by atoms with Crippen molar-refractivity contribution >= 4 is 35.0 Å². The van der Waals surface area contributed by atoms with Gasteiger partial charge in [0.2, 0.25) is 5.95 Å². The number of nitrogens with two attached hydrogens (primary N) is 1. The van der Waals surface area contributed by atoms with E-state index in [1.165, 1.54) is 0 Å². The molecular weight excluding hydrogens is 524 g/mol. The van der Waals surface area contributed by atoms with Crippen molar-refractivity contribution < 1.29 is 19.1 Å². The SMILES string of the molecule is CCCOc1ccc(N[C@@H]2CCCN(c3nnc(C(N)=O)c(Nc4ccc(C(=O)N5CCOCC5)cc4)n3)C2)cc1. The predicted molar refractivity (Wildman–Crippen MR) is 156 cm³/mol. The molecule has 2 aromatic carbocycles. The second kappa shape index (κ2) is 13.3. The van der Waals surface area contributed by atoms with Crippen LogP contribution in [0.2, 0.25) is 0 Å². The first-order chi connectivity index (χ1) is 20.0. The van der Waals surface area contributed by atoms with Gasteiger partial charge in [0.25, 0.3) is 11.8 Å². The third-order valence-corrected chi connectivity index (χ3v) is 7.00. The minimum absolute atomic E-state index is 0.0438. The molecule has 1 atom stereocenters. The number of nitrogens with zero attached hydrogens (tertiary/aromatic N) is 5. The number of ether oxygens (including phenoxy) is 2. The van der Waals surface area contributed by atoms with E-state index in [2.05, 4.69) is 32.7 Å². The van der Waals surface area contributed by atoms with Gasteiger partial charge in [-0.05, 0) is 67.8 Å². The summed E-state index contributed by atoms with van der Waals surface area (Å²) < 4.78 is 11.0. The topological polar surface area (TPSA) is 148 Å². The van der Waals surface area contributed by atoms with Crippen LogP contribution in [-0.2, 0) is 4.74 Å². The maximum Gasteiger partial charge on any atom is 0.273 e. The number of rotatable bonds is 10. The van der Waals surface area contributed by atoms with Gasteiger partial charge < -0.3 is 35.6 Å². The van der Waals surface area contributed by atoms with Crippen molar-refractivity contribution in [2.24, 2.45) is 5.73 Å². The van der Waals surface area contributed by atoms with Crippen LogP contribution in [0, 0.1) is 0 Å². The van der Waals surface area contributed by atoms with Gasteiger partial charge in [-0.3, -0.25) is 9.59 Å². The molecule has 0 aliphatic carbocycles. The molecule has 2 aliphatic rings. The summed E-state index contributed by atoms with van der Waals surface area (Å²) in [5.74, 6) is 0.703. The maximum atomic E-state index is 12.8. The Hall–Kier alpha value is -4.45. The fraction of sp³-hybridized carbons (Fsp3) is 0.414. The molecule has 12 heteroatoms. The molecule has 41 heavy (non-hydrogen) atoms. The Morgan fingerprint density at radius 2 is 1.76 bits per heavy atom. The molecule has 4 N–H and O–H groups in total. The van der Waals surface area contributed by atoms with Gasteiger partial charge in [-0.15, -0.1) is 10.2 Å². The molecule has 3 heterocycles. The Balaban J connectivity index is 1.26. The molecule has 3 aromatic rings. The summed E-state index contributed by atoms with van der Waals surface area (Å²) in [5, 5.41) is 15.0. The highest BCUT2D eigenvalue weighted by Crippen LogP contribution is 2.24. The molecule has 0 unspecified atom stereocenters. The number of aromatic nitrogens is 3. The Bertz CT molecular complexity index is 1330. The first-order valence-corrected chi connectivity index (χ1v) is 14.0. The number of primary amides is 1. The lowest BCUT2D eigenvalue weighted by atomic mass is 10.1. The Morgan fingerprint density at radius 3 is 2.46 bits per heavy atom. The number of morpholine rings is 1. The summed E-state index contributed by atoms with van der Waals surface area (Å²) >= 11 is 0. The molecule has 2 amide bonds. The minimum atomic E-state index is -0.734. The number of anilines is 4. The Morgan fingerprint density at radius 1 is 1.02 bits per heavy atom. The van der Waals surface area contributed by atoms with Crippen LogP contribution in [0.5, 0.6) is 5.75 Å². The van der Waals surface area contributed by atoms with Crippen LogP contribution in [0.1, 0.15) is 47.0 Å². The summed E-state index contributed by atoms with van der Waals surface area (Å²) in [6.45, 7) is 6.44. The molecule has 1 aromatic heterocycles. The van der Waals surface area contributed by atoms with E-state index in [4.69, 9.17) is 15.2 Å². The normalized spacial score (nSPS) is 17.1. The van der Waals surface area contributed by atoms with Gasteiger partial charge in [0.15, 0.2) is 11.5 Å². The largest absolute Gasteiger partial charge is 0.494 e. The summed E-state index contributed by atoms with van der Waals surface area (Å²) in [7, 11) is 0. The number of carbonyl (C=O) groups is 2. The monoisotopic (exact) mass is 560 g/mol. The van der Waals surface area contributed by atoms with Crippen molar-refractivity contribution in [3.8, 4) is 5.75 Å². The van der Waals surface area contributed by atoms with Crippen molar-refractivity contribution in [2.75, 3.05) is 61.5 Å². The van der Waals surface area contributed by atoms with Crippen LogP contribution in [0.25, 0.3) is 0 Å². The summed E-state index contributed by atoms with van der Waals surface area (Å²) in [5.41, 5.74) is 7.75. The average Bonchev–Trinajstić information content (AvgIpc) is 3.01. The lowest BCUT2D eigenvalue weighted by Gasteiger charge is -2.33. The number of benzene rings is 2. The van der Waals surface area contributed by atoms with Crippen molar-refractivity contribution in [2.45, 2.75) is 32.2 Å². The predicted octanol–water partition coefficient (Wildman–Crippen LogP) is 3.06. The number of piperidine rings is 1. The van der Waals surface area contributed by atoms with Gasteiger partial charge in [-0.1, -0.05) is 6.92 Å². The number of hydrogen-bond donors (Lipinski definition) is 3. The minimum Gasteiger partial charge on any atom is -0.494 e. The average molecular weight is 561 g/mol. The molecule has 216 valence electrons. The number of amides is 2. The van der Waals surface area contributed by atoms with E-state index in [1.807, 2.05) is 29.2 Å². The van der Waals surface area contributed by atoms with Crippen molar-refractivity contribution in [1.82, 2.24) is 20.1 Å². The summed E-state index contributed by atoms with van der Waals surface area (Å²) in [4.78, 5) is 33.3. The smallest absolute Gasteiger partial charge is 0.273 e. The van der Waals surface area contributed by atoms with Crippen LogP contribution < -0.4 is 26.0 Å². The van der Waals surface area contributed by atoms with Gasteiger partial charge >= 0.3 is 0 Å². The van der Waals surface area contributed by atoms with E-state index < -0.39 is 5.91 Å². The first-order valence-electron chi connectivity index (χ1n) is 14.0. The summed E-state index contributed by atoms with van der Waals surface area (Å²) in [6, 6.07) is 15.2. The zero-order chi connectivity index (χ0) is 28.6. The van der Waals surface area contributed by atoms with E-state index in [1.54, 1.807) is 29.2 Å². The van der Waals surface area contributed by atoms with E-state index >= 15 is 0 Å². The van der Waals surface area contributed by atoms with E-state index in [-0.39, 0.29) is 23.5 Å². The molecule has 2 aliphatic heterocycles. The molecule has 2 saturated heterocycles. The van der Waals surface area contributed by atoms with Crippen molar-refractivity contribution in [3.63, 3.8) is 0 Å². The quantitative estimate of drug-likeness (QED) is 0.338. The number of hydrogen-bond acceptors (Lipinski definition) is 10. The van der Waals surface area contributed by atoms with E-state index in [0.717, 1.165) is 37.2 Å². The lowest BCUT2D eigenvalue weighted by molar-refractivity contribution is 0.0303. The van der Waals surface area contributed by atoms with Crippen LogP contribution in [0.3, 0.4) is 0 Å². The fourth-order valence-electron chi connectivity index (χ4n) is 4.87. The second-order valence-electron chi connectivity index (χ2n) is 10.1. The third-order valence-electron chi connectivity index (χ3n) is 7.00. The van der Waals surface area contributed by atoms with Gasteiger partial charge in [0.1, 0.15) is 5.75 Å². The molecular formula is C29H36N8O4. The van der Waals surface area contributed by atoms with Crippen LogP contribution in [0.4, 0.5) is 23.1 Å². The maximum absolute atomic E-state index is 12.8. The highest BCUT2D eigenvalue weighted by Gasteiger charge is 2.24. The standard InChI is InChI=1S/C29H36N8O4/c1-2-16-41-24-11-9-21(10-12-24)31-23-4-3-13-37(19-23)29-33-27(25(26(30)38)34-35-29)32-22-7-5-20(6-8-22)28(39)36-14-17-40-18-15-36/h5-12,23,31H,2-4,13-19H2,1H3,(H2,30,38)(H,32,33,35)/t23-/m1/s1. The molecule has 12 nitrogen and oxygen atoms in total. The Kier molecular flexibility index (Phi) is 9.09. The number of carbonyl (C=O) groups excluding carboxylic acids is 2. The highest BCUT2D eigenvalue weighted by molar-refractivity contribution is 5.97. The number of nitrogens with one attached hydrogen (secondary N) is 2. The zero-order valence-corrected chi connectivity index (χ0v) is 23.2. The molecule has 0 bridgehead atoms. The lowest BCUT2D eigenvalue weighted by Crippen LogP contribution is -2.43. The van der Waals surface area contributed by atoms with Gasteiger partial charge in [-0.25, -0.2) is 0 Å². The molecule has 0 spiro atoms. The molecule has 0 saturated carbocycles. The first kappa shape index (κ1) is 28.1. The summed E-state index contributed by atoms with van der Waals surface area (Å²) in [6.07, 6.45) is 2.91.